The first-order valence-corrected chi connectivity index (χ1v) is 8.40. The second-order valence-electron chi connectivity index (χ2n) is 6.17. The van der Waals surface area contributed by atoms with Crippen molar-refractivity contribution in [3.63, 3.8) is 0 Å². The van der Waals surface area contributed by atoms with Gasteiger partial charge in [-0.05, 0) is 49.4 Å². The van der Waals surface area contributed by atoms with Crippen LogP contribution in [-0.2, 0) is 4.79 Å². The molecule has 5 nitrogen and oxygen atoms in total. The Balaban J connectivity index is 2.03. The van der Waals surface area contributed by atoms with Crippen LogP contribution in [0.3, 0.4) is 0 Å². The van der Waals surface area contributed by atoms with Crippen LogP contribution in [0.2, 0.25) is 5.02 Å². The third-order valence-corrected chi connectivity index (χ3v) is 4.60. The Kier molecular flexibility index (Phi) is 4.68. The zero-order valence-electron chi connectivity index (χ0n) is 14.0. The molecule has 2 aromatic rings. The maximum absolute atomic E-state index is 12.1. The van der Waals surface area contributed by atoms with E-state index in [9.17, 15) is 9.59 Å². The number of carbonyl (C=O) groups excluding carboxylic acids is 2. The van der Waals surface area contributed by atoms with Crippen molar-refractivity contribution in [2.75, 3.05) is 4.90 Å². The lowest BCUT2D eigenvalue weighted by atomic mass is 9.92. The van der Waals surface area contributed by atoms with Crippen LogP contribution in [0.1, 0.15) is 42.3 Å². The fraction of sp³-hybridized carbons (Fsp3) is 0.263. The summed E-state index contributed by atoms with van der Waals surface area (Å²) >= 11 is 5.92. The summed E-state index contributed by atoms with van der Waals surface area (Å²) in [6.45, 7) is 3.51. The van der Waals surface area contributed by atoms with Crippen LogP contribution in [0.4, 0.5) is 5.69 Å². The summed E-state index contributed by atoms with van der Waals surface area (Å²) in [5, 5.41) is 0.628. The molecule has 130 valence electrons. The highest BCUT2D eigenvalue weighted by Crippen LogP contribution is 2.40. The van der Waals surface area contributed by atoms with Crippen LogP contribution in [0.25, 0.3) is 0 Å². The van der Waals surface area contributed by atoms with E-state index in [1.54, 1.807) is 47.4 Å². The van der Waals surface area contributed by atoms with Crippen molar-refractivity contribution < 1.29 is 14.3 Å². The smallest absolute Gasteiger partial charge is 0.248 e. The molecule has 2 atom stereocenters. The molecule has 3 rings (SSSR count). The Morgan fingerprint density at radius 3 is 2.48 bits per heavy atom. The Morgan fingerprint density at radius 1 is 1.20 bits per heavy atom. The molecule has 1 aliphatic rings. The number of rotatable bonds is 3. The van der Waals surface area contributed by atoms with Crippen molar-refractivity contribution in [3.05, 3.63) is 58.6 Å². The number of fused-ring (bicyclic) bond motifs is 1. The molecule has 2 amide bonds. The van der Waals surface area contributed by atoms with Gasteiger partial charge in [0.15, 0.2) is 0 Å². The molecule has 2 N–H and O–H groups in total. The number of benzene rings is 2. The van der Waals surface area contributed by atoms with E-state index < -0.39 is 5.91 Å². The third kappa shape index (κ3) is 3.46. The van der Waals surface area contributed by atoms with Crippen molar-refractivity contribution in [2.45, 2.75) is 32.4 Å². The molecular formula is C19H19ClN2O3. The zero-order valence-corrected chi connectivity index (χ0v) is 14.8. The number of nitrogens with zero attached hydrogens (tertiary/aromatic N) is 1. The first-order chi connectivity index (χ1) is 11.9. The second-order valence-corrected chi connectivity index (χ2v) is 6.61. The SMILES string of the molecule is CC(=O)N1c2ccc(C(N)=O)cc2C(Oc2ccc(Cl)cc2)CC1C. The van der Waals surface area contributed by atoms with Crippen LogP contribution in [0.5, 0.6) is 5.75 Å². The number of hydrogen-bond acceptors (Lipinski definition) is 3. The van der Waals surface area contributed by atoms with Crippen molar-refractivity contribution in [3.8, 4) is 5.75 Å². The summed E-state index contributed by atoms with van der Waals surface area (Å²) < 4.78 is 6.12. The average molecular weight is 359 g/mol. The van der Waals surface area contributed by atoms with Crippen molar-refractivity contribution >= 4 is 29.1 Å². The maximum atomic E-state index is 12.1. The predicted molar refractivity (Wildman–Crippen MR) is 97.0 cm³/mol. The van der Waals surface area contributed by atoms with Gasteiger partial charge < -0.3 is 15.4 Å². The van der Waals surface area contributed by atoms with Crippen molar-refractivity contribution in [2.24, 2.45) is 5.73 Å². The summed E-state index contributed by atoms with van der Waals surface area (Å²) in [7, 11) is 0. The summed E-state index contributed by atoms with van der Waals surface area (Å²) in [5.41, 5.74) is 7.32. The maximum Gasteiger partial charge on any atom is 0.248 e. The lowest BCUT2D eigenvalue weighted by Crippen LogP contribution is -2.43. The van der Waals surface area contributed by atoms with Crippen molar-refractivity contribution in [1.82, 2.24) is 0 Å². The quantitative estimate of drug-likeness (QED) is 0.909. The monoisotopic (exact) mass is 358 g/mol. The highest BCUT2D eigenvalue weighted by Gasteiger charge is 2.34. The lowest BCUT2D eigenvalue weighted by Gasteiger charge is -2.39. The predicted octanol–water partition coefficient (Wildman–Crippen LogP) is 3.70. The molecule has 0 radical (unpaired) electrons. The molecular weight excluding hydrogens is 340 g/mol. The first-order valence-electron chi connectivity index (χ1n) is 8.02. The highest BCUT2D eigenvalue weighted by molar-refractivity contribution is 6.30. The molecule has 0 bridgehead atoms. The van der Waals surface area contributed by atoms with Gasteiger partial charge in [-0.2, -0.15) is 0 Å². The third-order valence-electron chi connectivity index (χ3n) is 4.35. The first kappa shape index (κ1) is 17.3. The van der Waals surface area contributed by atoms with Gasteiger partial charge in [-0.15, -0.1) is 0 Å². The van der Waals surface area contributed by atoms with E-state index in [0.717, 1.165) is 11.3 Å². The van der Waals surface area contributed by atoms with E-state index in [-0.39, 0.29) is 18.1 Å². The van der Waals surface area contributed by atoms with Crippen LogP contribution in [0, 0.1) is 0 Å². The van der Waals surface area contributed by atoms with E-state index in [1.165, 1.54) is 6.92 Å². The van der Waals surface area contributed by atoms with E-state index >= 15 is 0 Å². The molecule has 0 saturated carbocycles. The molecule has 6 heteroatoms. The fourth-order valence-corrected chi connectivity index (χ4v) is 3.36. The number of anilines is 1. The molecule has 0 aromatic heterocycles. The number of carbonyl (C=O) groups is 2. The molecule has 0 saturated heterocycles. The lowest BCUT2D eigenvalue weighted by molar-refractivity contribution is -0.117. The molecule has 0 spiro atoms. The molecule has 1 aliphatic heterocycles. The summed E-state index contributed by atoms with van der Waals surface area (Å²) in [4.78, 5) is 25.4. The molecule has 0 fully saturated rings. The van der Waals surface area contributed by atoms with Crippen LogP contribution >= 0.6 is 11.6 Å². The number of nitrogens with two attached hydrogens (primary N) is 1. The van der Waals surface area contributed by atoms with E-state index in [4.69, 9.17) is 22.1 Å². The van der Waals surface area contributed by atoms with Gasteiger partial charge in [-0.1, -0.05) is 11.6 Å². The summed E-state index contributed by atoms with van der Waals surface area (Å²) in [6, 6.07) is 12.2. The van der Waals surface area contributed by atoms with Crippen LogP contribution in [-0.4, -0.2) is 17.9 Å². The summed E-state index contributed by atoms with van der Waals surface area (Å²) in [5.74, 6) is 0.111. The number of amides is 2. The Morgan fingerprint density at radius 2 is 1.88 bits per heavy atom. The second kappa shape index (κ2) is 6.76. The van der Waals surface area contributed by atoms with Crippen LogP contribution in [0.15, 0.2) is 42.5 Å². The molecule has 2 unspecified atom stereocenters. The number of primary amides is 1. The Labute approximate surface area is 151 Å². The van der Waals surface area contributed by atoms with Gasteiger partial charge in [0, 0.05) is 35.5 Å². The minimum absolute atomic E-state index is 0.0262. The minimum Gasteiger partial charge on any atom is -0.486 e. The number of halogens is 1. The van der Waals surface area contributed by atoms with Gasteiger partial charge in [0.25, 0.3) is 0 Å². The standard InChI is InChI=1S/C19H19ClN2O3/c1-11-9-18(25-15-6-4-14(20)5-7-15)16-10-13(19(21)24)3-8-17(16)22(11)12(2)23/h3-8,10-11,18H,9H2,1-2H3,(H2,21,24). The van der Waals surface area contributed by atoms with Gasteiger partial charge >= 0.3 is 0 Å². The van der Waals surface area contributed by atoms with Crippen LogP contribution < -0.4 is 15.4 Å². The van der Waals surface area contributed by atoms with E-state index in [1.807, 2.05) is 6.92 Å². The largest absolute Gasteiger partial charge is 0.486 e. The van der Waals surface area contributed by atoms with Gasteiger partial charge in [-0.3, -0.25) is 9.59 Å². The van der Waals surface area contributed by atoms with E-state index in [0.29, 0.717) is 22.8 Å². The van der Waals surface area contributed by atoms with Gasteiger partial charge in [0.05, 0.1) is 5.69 Å². The average Bonchev–Trinajstić information content (AvgIpc) is 2.56. The topological polar surface area (TPSA) is 72.6 Å². The fourth-order valence-electron chi connectivity index (χ4n) is 3.23. The minimum atomic E-state index is -0.513. The van der Waals surface area contributed by atoms with Gasteiger partial charge in [0.1, 0.15) is 11.9 Å². The van der Waals surface area contributed by atoms with Crippen molar-refractivity contribution in [1.29, 1.82) is 0 Å². The molecule has 1 heterocycles. The van der Waals surface area contributed by atoms with Gasteiger partial charge in [0.2, 0.25) is 11.8 Å². The molecule has 25 heavy (non-hydrogen) atoms. The molecule has 0 aliphatic carbocycles. The number of hydrogen-bond donors (Lipinski definition) is 1. The summed E-state index contributed by atoms with van der Waals surface area (Å²) in [6.07, 6.45) is 0.318. The van der Waals surface area contributed by atoms with Gasteiger partial charge in [-0.25, -0.2) is 0 Å². The Hall–Kier alpha value is -2.53. The van der Waals surface area contributed by atoms with E-state index in [2.05, 4.69) is 0 Å². The normalized spacial score (nSPS) is 19.2. The molecule has 2 aromatic carbocycles. The number of ether oxygens (including phenoxy) is 1. The Bertz CT molecular complexity index is 820. The zero-order chi connectivity index (χ0) is 18.1. The highest BCUT2D eigenvalue weighted by atomic mass is 35.5.